The van der Waals surface area contributed by atoms with Gasteiger partial charge >= 0.3 is 5.97 Å². The van der Waals surface area contributed by atoms with E-state index in [0.29, 0.717) is 11.6 Å². The number of rotatable bonds is 4. The molecule has 5 heteroatoms. The Kier molecular flexibility index (Phi) is 3.60. The Morgan fingerprint density at radius 3 is 2.27 bits per heavy atom. The van der Waals surface area contributed by atoms with Gasteiger partial charge in [0.2, 0.25) is 0 Å². The Hall–Kier alpha value is -1.65. The highest BCUT2D eigenvalue weighted by Gasteiger charge is 2.26. The van der Waals surface area contributed by atoms with Crippen LogP contribution in [0, 0.1) is 5.92 Å². The summed E-state index contributed by atoms with van der Waals surface area (Å²) in [6, 6.07) is 0. The van der Waals surface area contributed by atoms with E-state index in [1.807, 2.05) is 13.8 Å². The van der Waals surface area contributed by atoms with Crippen molar-refractivity contribution in [3.8, 4) is 5.75 Å². The number of carboxylic acid groups (broad SMARTS) is 1. The number of carboxylic acids is 1. The Morgan fingerprint density at radius 2 is 1.93 bits per heavy atom. The van der Waals surface area contributed by atoms with Gasteiger partial charge in [0.05, 0.1) is 19.5 Å². The van der Waals surface area contributed by atoms with Gasteiger partial charge in [-0.3, -0.25) is 4.79 Å². The molecule has 1 N–H and O–H groups in total. The van der Waals surface area contributed by atoms with Gasteiger partial charge in [0.1, 0.15) is 11.7 Å². The second-order valence-electron chi connectivity index (χ2n) is 3.54. The Labute approximate surface area is 88.1 Å². The number of hydrogen-bond donors (Lipinski definition) is 1. The second kappa shape index (κ2) is 4.72. The second-order valence-corrected chi connectivity index (χ2v) is 3.54. The van der Waals surface area contributed by atoms with E-state index in [-0.39, 0.29) is 5.92 Å². The minimum absolute atomic E-state index is 0.0455. The molecule has 0 aliphatic carbocycles. The number of aliphatic carboxylic acids is 1. The maximum Gasteiger partial charge on any atom is 0.314 e. The van der Waals surface area contributed by atoms with E-state index in [1.54, 1.807) is 0 Å². The van der Waals surface area contributed by atoms with Crippen molar-refractivity contribution >= 4 is 5.97 Å². The first kappa shape index (κ1) is 11.4. The molecule has 0 aliphatic heterocycles. The van der Waals surface area contributed by atoms with E-state index in [0.717, 1.165) is 0 Å². The number of carbonyl (C=O) groups is 1. The number of aromatic nitrogens is 2. The van der Waals surface area contributed by atoms with Crippen molar-refractivity contribution in [2.24, 2.45) is 5.92 Å². The quantitative estimate of drug-likeness (QED) is 0.811. The van der Waals surface area contributed by atoms with Gasteiger partial charge in [-0.2, -0.15) is 0 Å². The maximum absolute atomic E-state index is 11.0. The van der Waals surface area contributed by atoms with Gasteiger partial charge in [0.25, 0.3) is 0 Å². The van der Waals surface area contributed by atoms with Gasteiger partial charge in [-0.1, -0.05) is 13.8 Å². The minimum atomic E-state index is -0.907. The zero-order valence-corrected chi connectivity index (χ0v) is 8.97. The molecule has 1 aromatic heterocycles. The normalized spacial score (nSPS) is 12.5. The third kappa shape index (κ3) is 2.65. The fraction of sp³-hybridized carbons (Fsp3) is 0.500. The summed E-state index contributed by atoms with van der Waals surface area (Å²) >= 11 is 0. The fourth-order valence-corrected chi connectivity index (χ4v) is 1.29. The predicted octanol–water partition coefficient (Wildman–Crippen LogP) is 1.31. The predicted molar refractivity (Wildman–Crippen MR) is 53.8 cm³/mol. The molecule has 5 nitrogen and oxygen atoms in total. The molecule has 1 rings (SSSR count). The molecule has 0 saturated carbocycles. The fourth-order valence-electron chi connectivity index (χ4n) is 1.29. The van der Waals surface area contributed by atoms with Crippen molar-refractivity contribution in [2.45, 2.75) is 19.8 Å². The van der Waals surface area contributed by atoms with Crippen LogP contribution in [0.15, 0.2) is 12.4 Å². The Morgan fingerprint density at radius 1 is 1.40 bits per heavy atom. The van der Waals surface area contributed by atoms with Crippen LogP contribution in [-0.4, -0.2) is 28.2 Å². The molecule has 1 heterocycles. The zero-order chi connectivity index (χ0) is 11.4. The summed E-state index contributed by atoms with van der Waals surface area (Å²) in [5.74, 6) is -0.785. The van der Waals surface area contributed by atoms with Crippen LogP contribution in [0.1, 0.15) is 25.6 Å². The highest BCUT2D eigenvalue weighted by Crippen LogP contribution is 2.21. The SMILES string of the molecule is COc1cnc(C(C(=O)O)C(C)C)nc1. The van der Waals surface area contributed by atoms with E-state index in [4.69, 9.17) is 9.84 Å². The van der Waals surface area contributed by atoms with Crippen LogP contribution in [0.25, 0.3) is 0 Å². The minimum Gasteiger partial charge on any atom is -0.494 e. The lowest BCUT2D eigenvalue weighted by atomic mass is 9.95. The molecule has 0 amide bonds. The summed E-state index contributed by atoms with van der Waals surface area (Å²) in [5.41, 5.74) is 0. The highest BCUT2D eigenvalue weighted by molar-refractivity contribution is 5.75. The molecule has 0 radical (unpaired) electrons. The first-order valence-corrected chi connectivity index (χ1v) is 4.65. The van der Waals surface area contributed by atoms with Gasteiger partial charge in [0.15, 0.2) is 5.75 Å². The lowest BCUT2D eigenvalue weighted by molar-refractivity contribution is -0.140. The van der Waals surface area contributed by atoms with Crippen LogP contribution < -0.4 is 4.74 Å². The summed E-state index contributed by atoms with van der Waals surface area (Å²) in [5, 5.41) is 9.01. The van der Waals surface area contributed by atoms with Crippen LogP contribution >= 0.6 is 0 Å². The molecular formula is C10H14N2O3. The number of nitrogens with zero attached hydrogens (tertiary/aromatic N) is 2. The van der Waals surface area contributed by atoms with Crippen molar-refractivity contribution in [1.29, 1.82) is 0 Å². The van der Waals surface area contributed by atoms with E-state index >= 15 is 0 Å². The third-order valence-electron chi connectivity index (χ3n) is 2.09. The molecule has 1 atom stereocenters. The molecule has 0 spiro atoms. The van der Waals surface area contributed by atoms with Crippen LogP contribution in [0.4, 0.5) is 0 Å². The maximum atomic E-state index is 11.0. The first-order valence-electron chi connectivity index (χ1n) is 4.65. The standard InChI is InChI=1S/C10H14N2O3/c1-6(2)8(10(13)14)9-11-4-7(15-3)5-12-9/h4-6,8H,1-3H3,(H,13,14). The molecule has 1 unspecified atom stereocenters. The number of ether oxygens (including phenoxy) is 1. The van der Waals surface area contributed by atoms with Crippen molar-refractivity contribution in [2.75, 3.05) is 7.11 Å². The Bertz CT molecular complexity index is 335. The van der Waals surface area contributed by atoms with Gasteiger partial charge in [-0.05, 0) is 5.92 Å². The monoisotopic (exact) mass is 210 g/mol. The van der Waals surface area contributed by atoms with Crippen molar-refractivity contribution in [1.82, 2.24) is 9.97 Å². The summed E-state index contributed by atoms with van der Waals surface area (Å²) in [6.07, 6.45) is 2.95. The van der Waals surface area contributed by atoms with Gasteiger partial charge in [0, 0.05) is 0 Å². The van der Waals surface area contributed by atoms with Gasteiger partial charge < -0.3 is 9.84 Å². The Balaban J connectivity index is 2.97. The summed E-state index contributed by atoms with van der Waals surface area (Å²) in [4.78, 5) is 18.9. The molecule has 0 bridgehead atoms. The largest absolute Gasteiger partial charge is 0.494 e. The summed E-state index contributed by atoms with van der Waals surface area (Å²) in [6.45, 7) is 3.65. The highest BCUT2D eigenvalue weighted by atomic mass is 16.5. The molecule has 0 aliphatic rings. The van der Waals surface area contributed by atoms with E-state index in [9.17, 15) is 4.79 Å². The van der Waals surface area contributed by atoms with Gasteiger partial charge in [-0.25, -0.2) is 9.97 Å². The van der Waals surface area contributed by atoms with Crippen molar-refractivity contribution < 1.29 is 14.6 Å². The molecule has 82 valence electrons. The molecular weight excluding hydrogens is 196 g/mol. The molecule has 0 fully saturated rings. The van der Waals surface area contributed by atoms with E-state index in [2.05, 4.69) is 9.97 Å². The van der Waals surface area contributed by atoms with Gasteiger partial charge in [-0.15, -0.1) is 0 Å². The summed E-state index contributed by atoms with van der Waals surface area (Å²) < 4.78 is 4.90. The number of methoxy groups -OCH3 is 1. The van der Waals surface area contributed by atoms with Crippen LogP contribution in [-0.2, 0) is 4.79 Å². The van der Waals surface area contributed by atoms with Crippen molar-refractivity contribution in [3.63, 3.8) is 0 Å². The van der Waals surface area contributed by atoms with Crippen LogP contribution in [0.3, 0.4) is 0 Å². The van der Waals surface area contributed by atoms with Crippen molar-refractivity contribution in [3.05, 3.63) is 18.2 Å². The lowest BCUT2D eigenvalue weighted by Crippen LogP contribution is -2.20. The van der Waals surface area contributed by atoms with Crippen LogP contribution in [0.5, 0.6) is 5.75 Å². The molecule has 1 aromatic rings. The zero-order valence-electron chi connectivity index (χ0n) is 8.97. The average molecular weight is 210 g/mol. The topological polar surface area (TPSA) is 72.3 Å². The average Bonchev–Trinajstić information content (AvgIpc) is 2.18. The lowest BCUT2D eigenvalue weighted by Gasteiger charge is -2.14. The van der Waals surface area contributed by atoms with Crippen LogP contribution in [0.2, 0.25) is 0 Å². The molecule has 0 saturated heterocycles. The van der Waals surface area contributed by atoms with E-state index < -0.39 is 11.9 Å². The summed E-state index contributed by atoms with van der Waals surface area (Å²) in [7, 11) is 1.51. The number of hydrogen-bond acceptors (Lipinski definition) is 4. The first-order chi connectivity index (χ1) is 7.06. The van der Waals surface area contributed by atoms with E-state index in [1.165, 1.54) is 19.5 Å². The molecule has 15 heavy (non-hydrogen) atoms. The smallest absolute Gasteiger partial charge is 0.314 e. The third-order valence-corrected chi connectivity index (χ3v) is 2.09. The molecule has 0 aromatic carbocycles.